The predicted molar refractivity (Wildman–Crippen MR) is 89.5 cm³/mol. The normalized spacial score (nSPS) is 10.3. The summed E-state index contributed by atoms with van der Waals surface area (Å²) in [4.78, 5) is 24.3. The summed E-state index contributed by atoms with van der Waals surface area (Å²) in [6.45, 7) is 2.13. The van der Waals surface area contributed by atoms with Crippen LogP contribution in [-0.4, -0.2) is 18.2 Å². The van der Waals surface area contributed by atoms with Gasteiger partial charge >= 0.3 is 0 Å². The van der Waals surface area contributed by atoms with Gasteiger partial charge in [0, 0.05) is 22.5 Å². The Morgan fingerprint density at radius 1 is 1.10 bits per heavy atom. The van der Waals surface area contributed by atoms with E-state index in [9.17, 15) is 9.59 Å². The molecule has 1 aromatic heterocycles. The lowest BCUT2D eigenvalue weighted by Crippen LogP contribution is -2.25. The van der Waals surface area contributed by atoms with Gasteiger partial charge in [-0.25, -0.2) is 0 Å². The third-order valence-corrected chi connectivity index (χ3v) is 4.79. The fraction of sp³-hybridized carbons (Fsp3) is 0.200. The van der Waals surface area contributed by atoms with Crippen LogP contribution in [0.2, 0.25) is 0 Å². The summed E-state index contributed by atoms with van der Waals surface area (Å²) < 4.78 is 1.25. The molecule has 104 valence electrons. The maximum absolute atomic E-state index is 11.9. The fourth-order valence-corrected chi connectivity index (χ4v) is 3.50. The molecule has 1 heterocycles. The summed E-state index contributed by atoms with van der Waals surface area (Å²) in [5, 5.41) is 2.89. The maximum atomic E-state index is 11.9. The minimum Gasteiger partial charge on any atom is -0.352 e. The quantitative estimate of drug-likeness (QED) is 0.618. The minimum absolute atomic E-state index is 0.00394. The van der Waals surface area contributed by atoms with E-state index in [2.05, 4.69) is 40.0 Å². The first-order valence-electron chi connectivity index (χ1n) is 6.19. The van der Waals surface area contributed by atoms with Crippen LogP contribution in [0.4, 0.5) is 0 Å². The molecule has 1 amide bonds. The summed E-state index contributed by atoms with van der Waals surface area (Å²) in [5.41, 5.74) is 1.20. The monoisotopic (exact) mass is 399 g/mol. The van der Waals surface area contributed by atoms with Crippen molar-refractivity contribution in [1.82, 2.24) is 5.32 Å². The first-order chi connectivity index (χ1) is 9.56. The zero-order valence-electron chi connectivity index (χ0n) is 11.0. The SMILES string of the molecule is CC(=O)c1ccc(C(=O)NCCc2ccc(I)s2)cc1. The van der Waals surface area contributed by atoms with Gasteiger partial charge in [-0.1, -0.05) is 12.1 Å². The van der Waals surface area contributed by atoms with Gasteiger partial charge in [0.2, 0.25) is 0 Å². The molecule has 0 saturated carbocycles. The summed E-state index contributed by atoms with van der Waals surface area (Å²) in [5.74, 6) is -0.101. The van der Waals surface area contributed by atoms with Gasteiger partial charge in [0.1, 0.15) is 0 Å². The van der Waals surface area contributed by atoms with Gasteiger partial charge in [0.25, 0.3) is 5.91 Å². The van der Waals surface area contributed by atoms with Gasteiger partial charge in [0.05, 0.1) is 2.88 Å². The predicted octanol–water partition coefficient (Wildman–Crippen LogP) is 3.53. The van der Waals surface area contributed by atoms with Crippen molar-refractivity contribution in [3.63, 3.8) is 0 Å². The number of thiophene rings is 1. The third-order valence-electron chi connectivity index (χ3n) is 2.84. The molecule has 0 aliphatic carbocycles. The lowest BCUT2D eigenvalue weighted by molar-refractivity contribution is 0.0952. The van der Waals surface area contributed by atoms with Crippen LogP contribution in [0.25, 0.3) is 0 Å². The van der Waals surface area contributed by atoms with Crippen LogP contribution in [0.5, 0.6) is 0 Å². The molecule has 2 rings (SSSR count). The highest BCUT2D eigenvalue weighted by Gasteiger charge is 2.06. The number of hydrogen-bond donors (Lipinski definition) is 1. The number of rotatable bonds is 5. The van der Waals surface area contributed by atoms with E-state index < -0.39 is 0 Å². The Hall–Kier alpha value is -1.21. The Labute approximate surface area is 135 Å². The first kappa shape index (κ1) is 15.2. The number of benzene rings is 1. The topological polar surface area (TPSA) is 46.2 Å². The number of amides is 1. The smallest absolute Gasteiger partial charge is 0.251 e. The van der Waals surface area contributed by atoms with Gasteiger partial charge < -0.3 is 5.32 Å². The first-order valence-corrected chi connectivity index (χ1v) is 8.09. The van der Waals surface area contributed by atoms with Crippen molar-refractivity contribution in [2.24, 2.45) is 0 Å². The van der Waals surface area contributed by atoms with Crippen molar-refractivity contribution >= 4 is 45.6 Å². The summed E-state index contributed by atoms with van der Waals surface area (Å²) in [6, 6.07) is 10.9. The Bertz CT molecular complexity index is 619. The van der Waals surface area contributed by atoms with Crippen LogP contribution in [0.1, 0.15) is 32.5 Å². The van der Waals surface area contributed by atoms with Crippen molar-refractivity contribution in [1.29, 1.82) is 0 Å². The van der Waals surface area contributed by atoms with Gasteiger partial charge in [-0.05, 0) is 60.2 Å². The van der Waals surface area contributed by atoms with Crippen LogP contribution < -0.4 is 5.32 Å². The number of ketones is 1. The summed E-state index contributed by atoms with van der Waals surface area (Å²) >= 11 is 4.03. The second-order valence-electron chi connectivity index (χ2n) is 4.35. The highest BCUT2D eigenvalue weighted by Crippen LogP contribution is 2.18. The molecule has 1 N–H and O–H groups in total. The van der Waals surface area contributed by atoms with Crippen LogP contribution in [-0.2, 0) is 6.42 Å². The summed E-state index contributed by atoms with van der Waals surface area (Å²) in [6.07, 6.45) is 0.838. The molecule has 0 aliphatic rings. The van der Waals surface area contributed by atoms with Crippen molar-refractivity contribution in [2.45, 2.75) is 13.3 Å². The Kier molecular flexibility index (Phi) is 5.31. The Morgan fingerprint density at radius 2 is 1.75 bits per heavy atom. The fourth-order valence-electron chi connectivity index (χ4n) is 1.74. The van der Waals surface area contributed by atoms with Gasteiger partial charge in [-0.3, -0.25) is 9.59 Å². The number of hydrogen-bond acceptors (Lipinski definition) is 3. The highest BCUT2D eigenvalue weighted by molar-refractivity contribution is 14.1. The molecule has 5 heteroatoms. The average Bonchev–Trinajstić information content (AvgIpc) is 2.84. The van der Waals surface area contributed by atoms with Gasteiger partial charge in [-0.2, -0.15) is 0 Å². The largest absolute Gasteiger partial charge is 0.352 e. The molecule has 0 unspecified atom stereocenters. The Balaban J connectivity index is 1.86. The Morgan fingerprint density at radius 3 is 2.30 bits per heavy atom. The van der Waals surface area contributed by atoms with Crippen LogP contribution in [0, 0.1) is 2.88 Å². The molecule has 1 aromatic carbocycles. The molecule has 0 radical (unpaired) electrons. The number of halogens is 1. The van der Waals surface area contributed by atoms with Crippen LogP contribution in [0.15, 0.2) is 36.4 Å². The van der Waals surface area contributed by atoms with Crippen molar-refractivity contribution in [3.05, 3.63) is 55.3 Å². The molecule has 0 atom stereocenters. The van der Waals surface area contributed by atoms with Crippen LogP contribution in [0.3, 0.4) is 0 Å². The van der Waals surface area contributed by atoms with E-state index in [1.54, 1.807) is 35.6 Å². The van der Waals surface area contributed by atoms with Gasteiger partial charge in [0.15, 0.2) is 5.78 Å². The van der Waals surface area contributed by atoms with E-state index in [0.29, 0.717) is 17.7 Å². The molecule has 0 spiro atoms. The number of Topliss-reactive ketones (excluding diaryl/α,β-unsaturated/α-hetero) is 1. The molecule has 0 bridgehead atoms. The molecule has 2 aromatic rings. The molecule has 0 fully saturated rings. The molecule has 0 saturated heterocycles. The van der Waals surface area contributed by atoms with Crippen molar-refractivity contribution < 1.29 is 9.59 Å². The molecular formula is C15H14INO2S. The molecule has 20 heavy (non-hydrogen) atoms. The lowest BCUT2D eigenvalue weighted by Gasteiger charge is -2.05. The van der Waals surface area contributed by atoms with E-state index in [0.717, 1.165) is 6.42 Å². The minimum atomic E-state index is -0.105. The highest BCUT2D eigenvalue weighted by atomic mass is 127. The summed E-state index contributed by atoms with van der Waals surface area (Å²) in [7, 11) is 0. The van der Waals surface area contributed by atoms with Crippen molar-refractivity contribution in [2.75, 3.05) is 6.54 Å². The number of carbonyl (C=O) groups excluding carboxylic acids is 2. The standard InChI is InChI=1S/C15H14INO2S/c1-10(18)11-2-4-12(5-3-11)15(19)17-9-8-13-6-7-14(16)20-13/h2-7H,8-9H2,1H3,(H,17,19). The van der Waals surface area contributed by atoms with Crippen molar-refractivity contribution in [3.8, 4) is 0 Å². The van der Waals surface area contributed by atoms with E-state index in [4.69, 9.17) is 0 Å². The second kappa shape index (κ2) is 6.99. The molecular weight excluding hydrogens is 385 g/mol. The van der Waals surface area contributed by atoms with E-state index in [1.807, 2.05) is 0 Å². The van der Waals surface area contributed by atoms with E-state index in [-0.39, 0.29) is 11.7 Å². The van der Waals surface area contributed by atoms with E-state index >= 15 is 0 Å². The zero-order valence-corrected chi connectivity index (χ0v) is 14.0. The average molecular weight is 399 g/mol. The zero-order chi connectivity index (χ0) is 14.5. The van der Waals surface area contributed by atoms with Gasteiger partial charge in [-0.15, -0.1) is 11.3 Å². The molecule has 3 nitrogen and oxygen atoms in total. The number of carbonyl (C=O) groups is 2. The number of nitrogens with one attached hydrogen (secondary N) is 1. The third kappa shape index (κ3) is 4.14. The second-order valence-corrected chi connectivity index (χ2v) is 7.41. The van der Waals surface area contributed by atoms with E-state index in [1.165, 1.54) is 14.7 Å². The molecule has 0 aliphatic heterocycles. The van der Waals surface area contributed by atoms with Crippen LogP contribution >= 0.6 is 33.9 Å². The maximum Gasteiger partial charge on any atom is 0.251 e. The lowest BCUT2D eigenvalue weighted by atomic mass is 10.1.